The molecule has 1 heterocycles. The lowest BCUT2D eigenvalue weighted by atomic mass is 10.2. The summed E-state index contributed by atoms with van der Waals surface area (Å²) in [6.45, 7) is 0.253. The van der Waals surface area contributed by atoms with E-state index in [1.54, 1.807) is 31.4 Å². The van der Waals surface area contributed by atoms with Crippen LogP contribution in [-0.2, 0) is 4.79 Å². The molecule has 1 N–H and O–H groups in total. The van der Waals surface area contributed by atoms with Gasteiger partial charge in [-0.1, -0.05) is 28.1 Å². The van der Waals surface area contributed by atoms with Crippen molar-refractivity contribution in [3.8, 4) is 23.0 Å². The summed E-state index contributed by atoms with van der Waals surface area (Å²) in [5.74, 6) is 0.954. The summed E-state index contributed by atoms with van der Waals surface area (Å²) in [5, 5.41) is 9.44. The molecule has 3 rings (SSSR count). The summed E-state index contributed by atoms with van der Waals surface area (Å²) in [5.41, 5.74) is 0.607. The van der Waals surface area contributed by atoms with E-state index < -0.39 is 5.91 Å². The molecule has 1 saturated heterocycles. The summed E-state index contributed by atoms with van der Waals surface area (Å²) >= 11 is 4.19. The number of phenolic OH excluding ortho intramolecular Hbond substituents is 1. The van der Waals surface area contributed by atoms with Crippen LogP contribution in [-0.4, -0.2) is 48.5 Å². The average molecular weight is 480 g/mol. The molecule has 0 saturated carbocycles. The number of rotatable bonds is 7. The number of carbonyl (C=O) groups is 2. The van der Waals surface area contributed by atoms with Crippen molar-refractivity contribution in [3.05, 3.63) is 51.3 Å². The van der Waals surface area contributed by atoms with Crippen LogP contribution in [0.5, 0.6) is 23.0 Å². The lowest BCUT2D eigenvalue weighted by Crippen LogP contribution is -2.32. The number of carbonyl (C=O) groups excluding carboxylic acids is 2. The lowest BCUT2D eigenvalue weighted by molar-refractivity contribution is -0.123. The van der Waals surface area contributed by atoms with Gasteiger partial charge >= 0.3 is 0 Å². The van der Waals surface area contributed by atoms with Crippen LogP contribution in [0.25, 0.3) is 6.08 Å². The van der Waals surface area contributed by atoms with Crippen molar-refractivity contribution in [3.63, 3.8) is 0 Å². The highest BCUT2D eigenvalue weighted by molar-refractivity contribution is 9.10. The van der Waals surface area contributed by atoms with E-state index >= 15 is 0 Å². The second kappa shape index (κ2) is 9.23. The van der Waals surface area contributed by atoms with Crippen LogP contribution in [0.3, 0.4) is 0 Å². The van der Waals surface area contributed by atoms with Gasteiger partial charge in [0.1, 0.15) is 6.61 Å². The number of ether oxygens (including phenoxy) is 3. The second-order valence-electron chi connectivity index (χ2n) is 5.88. The zero-order valence-electron chi connectivity index (χ0n) is 15.7. The van der Waals surface area contributed by atoms with Crippen LogP contribution in [0.2, 0.25) is 0 Å². The number of hydrogen-bond donors (Lipinski definition) is 1. The fraction of sp³-hybridized carbons (Fsp3) is 0.200. The summed E-state index contributed by atoms with van der Waals surface area (Å²) in [6, 6.07) is 10.2. The zero-order chi connectivity index (χ0) is 21.0. The number of para-hydroxylation sites is 2. The maximum Gasteiger partial charge on any atom is 0.293 e. The Labute approximate surface area is 180 Å². The smallest absolute Gasteiger partial charge is 0.293 e. The van der Waals surface area contributed by atoms with Crippen molar-refractivity contribution in [1.82, 2.24) is 4.90 Å². The number of amides is 2. The third kappa shape index (κ3) is 4.68. The molecule has 7 nitrogen and oxygen atoms in total. The largest absolute Gasteiger partial charge is 0.504 e. The van der Waals surface area contributed by atoms with Gasteiger partial charge in [0.2, 0.25) is 0 Å². The third-order valence-corrected chi connectivity index (χ3v) is 5.69. The first-order chi connectivity index (χ1) is 13.9. The number of phenols is 1. The maximum absolute atomic E-state index is 12.7. The summed E-state index contributed by atoms with van der Waals surface area (Å²) in [6.07, 6.45) is 1.58. The first kappa shape index (κ1) is 21.1. The van der Waals surface area contributed by atoms with E-state index in [-0.39, 0.29) is 34.8 Å². The normalized spacial score (nSPS) is 15.1. The molecule has 0 unspecified atom stereocenters. The molecule has 1 fully saturated rings. The number of nitrogens with zero attached hydrogens (tertiary/aromatic N) is 1. The number of thioether (sulfide) groups is 1. The Balaban J connectivity index is 1.70. The van der Waals surface area contributed by atoms with Gasteiger partial charge in [-0.25, -0.2) is 0 Å². The van der Waals surface area contributed by atoms with E-state index in [4.69, 9.17) is 14.2 Å². The Bertz CT molecular complexity index is 977. The average Bonchev–Trinajstić information content (AvgIpc) is 2.97. The molecular formula is C20H18BrNO6S. The predicted octanol–water partition coefficient (Wildman–Crippen LogP) is 4.29. The van der Waals surface area contributed by atoms with Crippen LogP contribution in [0.4, 0.5) is 4.79 Å². The molecule has 2 amide bonds. The molecule has 9 heteroatoms. The van der Waals surface area contributed by atoms with Crippen molar-refractivity contribution in [2.75, 3.05) is 27.4 Å². The Kier molecular flexibility index (Phi) is 6.71. The minimum atomic E-state index is -0.400. The van der Waals surface area contributed by atoms with E-state index in [1.807, 2.05) is 12.1 Å². The molecule has 152 valence electrons. The molecule has 2 aromatic carbocycles. The van der Waals surface area contributed by atoms with Crippen LogP contribution in [0, 0.1) is 0 Å². The number of aromatic hydroxyl groups is 1. The number of hydrogen-bond acceptors (Lipinski definition) is 7. The molecule has 29 heavy (non-hydrogen) atoms. The van der Waals surface area contributed by atoms with Gasteiger partial charge in [-0.15, -0.1) is 0 Å². The molecule has 0 radical (unpaired) electrons. The number of halogens is 1. The van der Waals surface area contributed by atoms with Gasteiger partial charge < -0.3 is 19.3 Å². The number of methoxy groups -OCH3 is 2. The van der Waals surface area contributed by atoms with Crippen molar-refractivity contribution < 1.29 is 28.9 Å². The Hall–Kier alpha value is -2.65. The monoisotopic (exact) mass is 479 g/mol. The van der Waals surface area contributed by atoms with Crippen molar-refractivity contribution in [1.29, 1.82) is 0 Å². The maximum atomic E-state index is 12.7. The van der Waals surface area contributed by atoms with E-state index in [0.29, 0.717) is 21.5 Å². The summed E-state index contributed by atoms with van der Waals surface area (Å²) < 4.78 is 16.5. The van der Waals surface area contributed by atoms with E-state index in [0.717, 1.165) is 16.7 Å². The van der Waals surface area contributed by atoms with Gasteiger partial charge in [-0.2, -0.15) is 0 Å². The predicted molar refractivity (Wildman–Crippen MR) is 114 cm³/mol. The Morgan fingerprint density at radius 2 is 1.79 bits per heavy atom. The van der Waals surface area contributed by atoms with Crippen molar-refractivity contribution >= 4 is 44.9 Å². The van der Waals surface area contributed by atoms with Crippen LogP contribution in [0.1, 0.15) is 5.56 Å². The third-order valence-electron chi connectivity index (χ3n) is 4.10. The first-order valence-electron chi connectivity index (χ1n) is 8.52. The fourth-order valence-corrected chi connectivity index (χ4v) is 3.95. The minimum Gasteiger partial charge on any atom is -0.504 e. The van der Waals surface area contributed by atoms with Crippen molar-refractivity contribution in [2.24, 2.45) is 0 Å². The molecule has 0 atom stereocenters. The van der Waals surface area contributed by atoms with E-state index in [2.05, 4.69) is 15.9 Å². The van der Waals surface area contributed by atoms with Gasteiger partial charge in [0.15, 0.2) is 23.0 Å². The van der Waals surface area contributed by atoms with Crippen LogP contribution in [0.15, 0.2) is 45.8 Å². The highest BCUT2D eigenvalue weighted by Crippen LogP contribution is 2.37. The molecule has 0 spiro atoms. The van der Waals surface area contributed by atoms with Gasteiger partial charge in [0.25, 0.3) is 11.1 Å². The number of imide groups is 1. The van der Waals surface area contributed by atoms with Gasteiger partial charge in [-0.3, -0.25) is 14.5 Å². The molecule has 1 aliphatic heterocycles. The Morgan fingerprint density at radius 3 is 2.48 bits per heavy atom. The summed E-state index contributed by atoms with van der Waals surface area (Å²) in [7, 11) is 2.97. The van der Waals surface area contributed by atoms with Gasteiger partial charge in [-0.05, 0) is 47.7 Å². The van der Waals surface area contributed by atoms with Crippen LogP contribution >= 0.6 is 27.7 Å². The molecule has 0 aromatic heterocycles. The number of benzene rings is 2. The molecule has 2 aromatic rings. The first-order valence-corrected chi connectivity index (χ1v) is 10.1. The van der Waals surface area contributed by atoms with E-state index in [9.17, 15) is 14.7 Å². The zero-order valence-corrected chi connectivity index (χ0v) is 18.1. The molecule has 1 aliphatic rings. The highest BCUT2D eigenvalue weighted by atomic mass is 79.9. The minimum absolute atomic E-state index is 0.0295. The summed E-state index contributed by atoms with van der Waals surface area (Å²) in [4.78, 5) is 26.4. The molecular weight excluding hydrogens is 462 g/mol. The standard InChI is InChI=1S/C20H18BrNO6S/c1-26-15-5-3-4-6-16(15)28-8-7-22-19(24)18(29-20(22)25)10-12-9-17(27-2)14(23)11-13(12)21/h3-6,9-11,23H,7-8H2,1-2H3/b18-10-. The van der Waals surface area contributed by atoms with Gasteiger partial charge in [0.05, 0.1) is 25.7 Å². The lowest BCUT2D eigenvalue weighted by Gasteiger charge is -2.14. The van der Waals surface area contributed by atoms with E-state index in [1.165, 1.54) is 13.2 Å². The fourth-order valence-electron chi connectivity index (χ4n) is 2.65. The quantitative estimate of drug-likeness (QED) is 0.592. The molecule has 0 bridgehead atoms. The second-order valence-corrected chi connectivity index (χ2v) is 7.73. The topological polar surface area (TPSA) is 85.3 Å². The van der Waals surface area contributed by atoms with Gasteiger partial charge in [0, 0.05) is 4.47 Å². The van der Waals surface area contributed by atoms with Crippen molar-refractivity contribution in [2.45, 2.75) is 0 Å². The highest BCUT2D eigenvalue weighted by Gasteiger charge is 2.35. The molecule has 0 aliphatic carbocycles. The van der Waals surface area contributed by atoms with Crippen LogP contribution < -0.4 is 14.2 Å². The Morgan fingerprint density at radius 1 is 1.10 bits per heavy atom. The SMILES string of the molecule is COc1cc(/C=C2\SC(=O)N(CCOc3ccccc3OC)C2=O)c(Br)cc1O.